The molecule has 0 amide bonds. The highest BCUT2D eigenvalue weighted by molar-refractivity contribution is 7.89. The van der Waals surface area contributed by atoms with E-state index in [9.17, 15) is 13.2 Å². The van der Waals surface area contributed by atoms with Gasteiger partial charge in [-0.05, 0) is 36.8 Å². The molecule has 0 bridgehead atoms. The second kappa shape index (κ2) is 7.98. The Kier molecular flexibility index (Phi) is 5.40. The van der Waals surface area contributed by atoms with Gasteiger partial charge in [0.2, 0.25) is 6.29 Å². The Morgan fingerprint density at radius 3 is 2.59 bits per heavy atom. The molecule has 29 heavy (non-hydrogen) atoms. The summed E-state index contributed by atoms with van der Waals surface area (Å²) in [6.07, 6.45) is 5.34. The van der Waals surface area contributed by atoms with Gasteiger partial charge >= 0.3 is 0 Å². The summed E-state index contributed by atoms with van der Waals surface area (Å²) in [6.45, 7) is 2.97. The van der Waals surface area contributed by atoms with Crippen molar-refractivity contribution in [3.05, 3.63) is 66.5 Å². The summed E-state index contributed by atoms with van der Waals surface area (Å²) in [5.74, 6) is 0. The van der Waals surface area contributed by atoms with E-state index in [0.29, 0.717) is 13.1 Å². The first-order chi connectivity index (χ1) is 14.0. The van der Waals surface area contributed by atoms with Crippen LogP contribution in [0.25, 0.3) is 10.9 Å². The lowest BCUT2D eigenvalue weighted by molar-refractivity contribution is 0.126. The summed E-state index contributed by atoms with van der Waals surface area (Å²) in [6, 6.07) is 13.4. The van der Waals surface area contributed by atoms with Gasteiger partial charge in [-0.1, -0.05) is 24.3 Å². The molecule has 1 aromatic carbocycles. The summed E-state index contributed by atoms with van der Waals surface area (Å²) in [4.78, 5) is 22.3. The first-order valence-corrected chi connectivity index (χ1v) is 10.8. The average molecular weight is 409 g/mol. The van der Waals surface area contributed by atoms with Crippen LogP contribution >= 0.6 is 0 Å². The van der Waals surface area contributed by atoms with Crippen LogP contribution in [0, 0.1) is 0 Å². The molecule has 1 saturated heterocycles. The molecule has 1 unspecified atom stereocenters. The van der Waals surface area contributed by atoms with E-state index < -0.39 is 16.1 Å². The minimum absolute atomic E-state index is 0.0407. The van der Waals surface area contributed by atoms with Crippen LogP contribution in [0.2, 0.25) is 0 Å². The van der Waals surface area contributed by atoms with Crippen LogP contribution in [-0.2, 0) is 14.8 Å². The molecular formula is C21H21N4O3S. The number of sulfonamides is 1. The Morgan fingerprint density at radius 1 is 1.03 bits per heavy atom. The van der Waals surface area contributed by atoms with Crippen molar-refractivity contribution < 1.29 is 13.2 Å². The van der Waals surface area contributed by atoms with Crippen LogP contribution in [0.5, 0.6) is 0 Å². The first kappa shape index (κ1) is 19.6. The molecule has 1 radical (unpaired) electrons. The highest BCUT2D eigenvalue weighted by atomic mass is 32.2. The van der Waals surface area contributed by atoms with Gasteiger partial charge in [-0.15, -0.1) is 0 Å². The zero-order valence-electron chi connectivity index (χ0n) is 16.0. The van der Waals surface area contributed by atoms with E-state index in [1.54, 1.807) is 18.3 Å². The zero-order valence-corrected chi connectivity index (χ0v) is 16.8. The highest BCUT2D eigenvalue weighted by Gasteiger charge is 2.37. The number of hydrogen-bond acceptors (Lipinski definition) is 6. The topological polar surface area (TPSA) is 83.5 Å². The van der Waals surface area contributed by atoms with Crippen molar-refractivity contribution in [3.63, 3.8) is 0 Å². The largest absolute Gasteiger partial charge is 0.289 e. The van der Waals surface area contributed by atoms with Gasteiger partial charge in [-0.3, -0.25) is 14.7 Å². The molecule has 3 aromatic rings. The first-order valence-electron chi connectivity index (χ1n) is 9.40. The van der Waals surface area contributed by atoms with E-state index in [0.717, 1.165) is 16.5 Å². The molecule has 2 atom stereocenters. The van der Waals surface area contributed by atoms with E-state index in [-0.39, 0.29) is 17.6 Å². The van der Waals surface area contributed by atoms with Gasteiger partial charge in [-0.25, -0.2) is 13.4 Å². The molecule has 2 aromatic heterocycles. The minimum Gasteiger partial charge on any atom is -0.289 e. The molecule has 1 aliphatic rings. The molecule has 0 saturated carbocycles. The van der Waals surface area contributed by atoms with Crippen molar-refractivity contribution in [2.45, 2.75) is 24.0 Å². The summed E-state index contributed by atoms with van der Waals surface area (Å²) < 4.78 is 27.4. The lowest BCUT2D eigenvalue weighted by atomic mass is 10.00. The van der Waals surface area contributed by atoms with Gasteiger partial charge in [0.15, 0.2) is 5.03 Å². The molecule has 3 heterocycles. The lowest BCUT2D eigenvalue weighted by Gasteiger charge is -2.40. The molecule has 0 N–H and O–H groups in total. The number of benzene rings is 1. The van der Waals surface area contributed by atoms with Gasteiger partial charge in [-0.2, -0.15) is 4.31 Å². The highest BCUT2D eigenvalue weighted by Crippen LogP contribution is 2.29. The molecule has 8 heteroatoms. The number of carbonyl (C=O) groups excluding carboxylic acids is 1. The molecular weight excluding hydrogens is 388 g/mol. The van der Waals surface area contributed by atoms with Gasteiger partial charge < -0.3 is 0 Å². The molecule has 4 rings (SSSR count). The van der Waals surface area contributed by atoms with Crippen LogP contribution in [0.15, 0.2) is 66.0 Å². The van der Waals surface area contributed by atoms with Crippen LogP contribution < -0.4 is 0 Å². The Balaban J connectivity index is 1.60. The van der Waals surface area contributed by atoms with Crippen molar-refractivity contribution in [2.24, 2.45) is 0 Å². The second-order valence-electron chi connectivity index (χ2n) is 7.07. The quantitative estimate of drug-likeness (QED) is 0.642. The van der Waals surface area contributed by atoms with E-state index >= 15 is 0 Å². The third-order valence-corrected chi connectivity index (χ3v) is 7.19. The molecule has 0 aliphatic carbocycles. The second-order valence-corrected chi connectivity index (χ2v) is 8.90. The van der Waals surface area contributed by atoms with Gasteiger partial charge in [0.05, 0.1) is 5.52 Å². The van der Waals surface area contributed by atoms with E-state index in [1.807, 2.05) is 42.2 Å². The summed E-state index contributed by atoms with van der Waals surface area (Å²) in [5.41, 5.74) is 1.65. The average Bonchev–Trinajstić information content (AvgIpc) is 2.75. The molecule has 149 valence electrons. The van der Waals surface area contributed by atoms with Crippen molar-refractivity contribution in [2.75, 3.05) is 19.6 Å². The van der Waals surface area contributed by atoms with Crippen LogP contribution in [0.3, 0.4) is 0 Å². The standard InChI is InChI=1S/C21H21N4O3S/c1-16-14-24(12-13-25(16)29(27,28)21-9-2-3-10-23-21)20(15-26)18-6-4-8-19-17(18)7-5-11-22-19/h2-11,16,20H,12-14H2,1H3/t16-,20?/m1/s1. The Hall–Kier alpha value is -2.68. The van der Waals surface area contributed by atoms with Crippen LogP contribution in [0.4, 0.5) is 0 Å². The van der Waals surface area contributed by atoms with E-state index in [2.05, 4.69) is 16.3 Å². The molecule has 1 aliphatic heterocycles. The summed E-state index contributed by atoms with van der Waals surface area (Å²) >= 11 is 0. The molecule has 1 fully saturated rings. The maximum absolute atomic E-state index is 12.9. The third-order valence-electron chi connectivity index (χ3n) is 5.26. The SMILES string of the molecule is C[C@@H]1CN(C([C]=O)c2cccc3ncccc23)CCN1S(=O)(=O)c1ccccn1. The predicted molar refractivity (Wildman–Crippen MR) is 109 cm³/mol. The normalized spacial score (nSPS) is 19.8. The number of pyridine rings is 2. The van der Waals surface area contributed by atoms with Gasteiger partial charge in [0.1, 0.15) is 6.04 Å². The fourth-order valence-corrected chi connectivity index (χ4v) is 5.43. The maximum Gasteiger partial charge on any atom is 0.260 e. The van der Waals surface area contributed by atoms with Crippen molar-refractivity contribution in [1.29, 1.82) is 0 Å². The minimum atomic E-state index is -3.68. The van der Waals surface area contributed by atoms with Gasteiger partial charge in [0, 0.05) is 43.5 Å². The Morgan fingerprint density at radius 2 is 1.86 bits per heavy atom. The Labute approximate surface area is 170 Å². The van der Waals surface area contributed by atoms with Crippen molar-refractivity contribution >= 4 is 27.2 Å². The van der Waals surface area contributed by atoms with Crippen LogP contribution in [0.1, 0.15) is 18.5 Å². The van der Waals surface area contributed by atoms with Crippen molar-refractivity contribution in [1.82, 2.24) is 19.2 Å². The van der Waals surface area contributed by atoms with Crippen molar-refractivity contribution in [3.8, 4) is 0 Å². The predicted octanol–water partition coefficient (Wildman–Crippen LogP) is 2.18. The van der Waals surface area contributed by atoms with E-state index in [1.165, 1.54) is 16.6 Å². The number of fused-ring (bicyclic) bond motifs is 1. The summed E-state index contributed by atoms with van der Waals surface area (Å²) in [7, 11) is -3.68. The maximum atomic E-state index is 12.9. The fraction of sp³-hybridized carbons (Fsp3) is 0.286. The Bertz CT molecular complexity index is 1120. The lowest BCUT2D eigenvalue weighted by Crippen LogP contribution is -2.54. The van der Waals surface area contributed by atoms with Crippen LogP contribution in [-0.4, -0.2) is 59.6 Å². The number of piperazine rings is 1. The summed E-state index contributed by atoms with van der Waals surface area (Å²) in [5, 5.41) is 0.943. The number of aromatic nitrogens is 2. The molecule has 7 nitrogen and oxygen atoms in total. The molecule has 0 spiro atoms. The van der Waals surface area contributed by atoms with Gasteiger partial charge in [0.25, 0.3) is 10.0 Å². The third kappa shape index (κ3) is 3.66. The fourth-order valence-electron chi connectivity index (χ4n) is 3.88. The number of hydrogen-bond donors (Lipinski definition) is 0. The zero-order chi connectivity index (χ0) is 20.4. The number of rotatable bonds is 5. The monoisotopic (exact) mass is 409 g/mol. The smallest absolute Gasteiger partial charge is 0.260 e. The van der Waals surface area contributed by atoms with E-state index in [4.69, 9.17) is 0 Å². The number of nitrogens with zero attached hydrogens (tertiary/aromatic N) is 4.